The molecule has 0 aromatic carbocycles. The van der Waals surface area contributed by atoms with E-state index < -0.39 is 5.97 Å². The van der Waals surface area contributed by atoms with E-state index in [2.05, 4.69) is 15.6 Å². The SMILES string of the molecule is CC(C)CNC(=O)CCNc1ncc(C(=O)O)s1. The molecule has 1 rings (SSSR count). The minimum Gasteiger partial charge on any atom is -0.477 e. The Hall–Kier alpha value is -1.63. The number of hydrogen-bond acceptors (Lipinski definition) is 5. The summed E-state index contributed by atoms with van der Waals surface area (Å²) in [5, 5.41) is 15.0. The molecule has 6 nitrogen and oxygen atoms in total. The molecule has 0 unspecified atom stereocenters. The Morgan fingerprint density at radius 3 is 2.78 bits per heavy atom. The molecule has 0 aliphatic heterocycles. The number of nitrogens with one attached hydrogen (secondary N) is 2. The second-order valence-corrected chi connectivity index (χ2v) is 5.24. The van der Waals surface area contributed by atoms with Crippen LogP contribution in [-0.2, 0) is 4.79 Å². The second-order valence-electron chi connectivity index (χ2n) is 4.21. The molecule has 0 saturated carbocycles. The number of carboxylic acid groups (broad SMARTS) is 1. The number of aromatic carboxylic acids is 1. The van der Waals surface area contributed by atoms with Gasteiger partial charge < -0.3 is 15.7 Å². The van der Waals surface area contributed by atoms with Gasteiger partial charge in [0.1, 0.15) is 4.88 Å². The zero-order chi connectivity index (χ0) is 13.5. The molecule has 1 amide bonds. The topological polar surface area (TPSA) is 91.3 Å². The Labute approximate surface area is 109 Å². The van der Waals surface area contributed by atoms with Crippen LogP contribution in [0.3, 0.4) is 0 Å². The van der Waals surface area contributed by atoms with Crippen LogP contribution >= 0.6 is 11.3 Å². The molecule has 0 aliphatic rings. The molecule has 0 bridgehead atoms. The van der Waals surface area contributed by atoms with E-state index in [1.54, 1.807) is 0 Å². The molecule has 0 atom stereocenters. The molecular formula is C11H17N3O3S. The summed E-state index contributed by atoms with van der Waals surface area (Å²) >= 11 is 1.06. The molecule has 0 spiro atoms. The number of carboxylic acids is 1. The second kappa shape index (κ2) is 6.95. The maximum atomic E-state index is 11.4. The molecule has 3 N–H and O–H groups in total. The highest BCUT2D eigenvalue weighted by Gasteiger charge is 2.08. The Balaban J connectivity index is 2.24. The van der Waals surface area contributed by atoms with Crippen LogP contribution in [0.4, 0.5) is 5.13 Å². The van der Waals surface area contributed by atoms with Crippen molar-refractivity contribution in [2.45, 2.75) is 20.3 Å². The van der Waals surface area contributed by atoms with Crippen molar-refractivity contribution in [2.24, 2.45) is 5.92 Å². The van der Waals surface area contributed by atoms with Gasteiger partial charge in [0.15, 0.2) is 5.13 Å². The quantitative estimate of drug-likeness (QED) is 0.697. The van der Waals surface area contributed by atoms with Gasteiger partial charge in [0.05, 0.1) is 6.20 Å². The number of carbonyl (C=O) groups excluding carboxylic acids is 1. The van der Waals surface area contributed by atoms with Crippen molar-refractivity contribution in [3.05, 3.63) is 11.1 Å². The fourth-order valence-corrected chi connectivity index (χ4v) is 1.82. The van der Waals surface area contributed by atoms with Crippen molar-refractivity contribution < 1.29 is 14.7 Å². The Kier molecular flexibility index (Phi) is 5.57. The van der Waals surface area contributed by atoms with Crippen LogP contribution in [0.5, 0.6) is 0 Å². The number of rotatable bonds is 7. The summed E-state index contributed by atoms with van der Waals surface area (Å²) in [6.45, 7) is 5.17. The van der Waals surface area contributed by atoms with E-state index in [1.807, 2.05) is 13.8 Å². The lowest BCUT2D eigenvalue weighted by Gasteiger charge is -2.07. The van der Waals surface area contributed by atoms with Crippen LogP contribution in [-0.4, -0.2) is 35.1 Å². The maximum Gasteiger partial charge on any atom is 0.347 e. The van der Waals surface area contributed by atoms with Gasteiger partial charge >= 0.3 is 5.97 Å². The standard InChI is InChI=1S/C11H17N3O3S/c1-7(2)5-13-9(15)3-4-12-11-14-6-8(18-11)10(16)17/h6-7H,3-5H2,1-2H3,(H,12,14)(H,13,15)(H,16,17). The van der Waals surface area contributed by atoms with Gasteiger partial charge in [0.25, 0.3) is 0 Å². The van der Waals surface area contributed by atoms with Crippen molar-refractivity contribution in [1.82, 2.24) is 10.3 Å². The molecule has 0 fully saturated rings. The van der Waals surface area contributed by atoms with E-state index in [0.717, 1.165) is 11.3 Å². The minimum atomic E-state index is -0.991. The van der Waals surface area contributed by atoms with E-state index in [9.17, 15) is 9.59 Å². The molecule has 7 heteroatoms. The number of aromatic nitrogens is 1. The minimum absolute atomic E-state index is 0.0220. The van der Waals surface area contributed by atoms with E-state index in [1.165, 1.54) is 6.20 Å². The molecule has 100 valence electrons. The molecule has 1 aromatic heterocycles. The number of thiazole rings is 1. The predicted molar refractivity (Wildman–Crippen MR) is 70.0 cm³/mol. The van der Waals surface area contributed by atoms with Crippen molar-refractivity contribution in [3.8, 4) is 0 Å². The van der Waals surface area contributed by atoms with E-state index >= 15 is 0 Å². The lowest BCUT2D eigenvalue weighted by molar-refractivity contribution is -0.120. The van der Waals surface area contributed by atoms with Crippen LogP contribution in [0, 0.1) is 5.92 Å². The molecule has 1 heterocycles. The molecule has 0 aliphatic carbocycles. The van der Waals surface area contributed by atoms with Crippen LogP contribution in [0.25, 0.3) is 0 Å². The summed E-state index contributed by atoms with van der Waals surface area (Å²) in [5.74, 6) is -0.583. The third kappa shape index (κ3) is 5.13. The zero-order valence-corrected chi connectivity index (χ0v) is 11.2. The maximum absolute atomic E-state index is 11.4. The first kappa shape index (κ1) is 14.4. The first-order valence-electron chi connectivity index (χ1n) is 5.68. The van der Waals surface area contributed by atoms with Crippen molar-refractivity contribution in [1.29, 1.82) is 0 Å². The molecule has 0 saturated heterocycles. The summed E-state index contributed by atoms with van der Waals surface area (Å²) in [7, 11) is 0. The number of carbonyl (C=O) groups is 2. The average molecular weight is 271 g/mol. The molecule has 1 aromatic rings. The highest BCUT2D eigenvalue weighted by Crippen LogP contribution is 2.17. The van der Waals surface area contributed by atoms with Crippen LogP contribution in [0.1, 0.15) is 29.9 Å². The molecule has 0 radical (unpaired) electrons. The Morgan fingerprint density at radius 2 is 2.22 bits per heavy atom. The van der Waals surface area contributed by atoms with Gasteiger partial charge in [0.2, 0.25) is 5.91 Å². The fraction of sp³-hybridized carbons (Fsp3) is 0.545. The fourth-order valence-electron chi connectivity index (χ4n) is 1.14. The van der Waals surface area contributed by atoms with Crippen LogP contribution in [0.2, 0.25) is 0 Å². The molecular weight excluding hydrogens is 254 g/mol. The highest BCUT2D eigenvalue weighted by atomic mass is 32.1. The normalized spacial score (nSPS) is 10.4. The third-order valence-corrected chi connectivity index (χ3v) is 3.00. The Bertz CT molecular complexity index is 417. The van der Waals surface area contributed by atoms with Crippen LogP contribution in [0.15, 0.2) is 6.20 Å². The summed E-state index contributed by atoms with van der Waals surface area (Å²) in [4.78, 5) is 26.1. The van der Waals surface area contributed by atoms with Gasteiger partial charge in [-0.3, -0.25) is 4.79 Å². The summed E-state index contributed by atoms with van der Waals surface area (Å²) in [5.41, 5.74) is 0. The van der Waals surface area contributed by atoms with Gasteiger partial charge in [-0.1, -0.05) is 25.2 Å². The first-order valence-corrected chi connectivity index (χ1v) is 6.50. The predicted octanol–water partition coefficient (Wildman–Crippen LogP) is 1.42. The number of hydrogen-bond donors (Lipinski definition) is 3. The zero-order valence-electron chi connectivity index (χ0n) is 10.4. The van der Waals surface area contributed by atoms with Crippen molar-refractivity contribution in [2.75, 3.05) is 18.4 Å². The van der Waals surface area contributed by atoms with Crippen LogP contribution < -0.4 is 10.6 Å². The van der Waals surface area contributed by atoms with Gasteiger partial charge in [-0.15, -0.1) is 0 Å². The average Bonchev–Trinajstić information content (AvgIpc) is 2.75. The number of anilines is 1. The van der Waals surface area contributed by atoms with Crippen molar-refractivity contribution in [3.63, 3.8) is 0 Å². The summed E-state index contributed by atoms with van der Waals surface area (Å²) in [6.07, 6.45) is 1.64. The van der Waals surface area contributed by atoms with Gasteiger partial charge in [-0.25, -0.2) is 9.78 Å². The monoisotopic (exact) mass is 271 g/mol. The lowest BCUT2D eigenvalue weighted by Crippen LogP contribution is -2.28. The van der Waals surface area contributed by atoms with E-state index in [-0.39, 0.29) is 10.8 Å². The number of nitrogens with zero attached hydrogens (tertiary/aromatic N) is 1. The molecule has 18 heavy (non-hydrogen) atoms. The Morgan fingerprint density at radius 1 is 1.50 bits per heavy atom. The summed E-state index contributed by atoms with van der Waals surface area (Å²) < 4.78 is 0. The smallest absolute Gasteiger partial charge is 0.347 e. The lowest BCUT2D eigenvalue weighted by atomic mass is 10.2. The summed E-state index contributed by atoms with van der Waals surface area (Å²) in [6, 6.07) is 0. The van der Waals surface area contributed by atoms with E-state index in [4.69, 9.17) is 5.11 Å². The first-order chi connectivity index (χ1) is 8.49. The van der Waals surface area contributed by atoms with Gasteiger partial charge in [-0.2, -0.15) is 0 Å². The largest absolute Gasteiger partial charge is 0.477 e. The van der Waals surface area contributed by atoms with Gasteiger partial charge in [0, 0.05) is 19.5 Å². The number of amides is 1. The van der Waals surface area contributed by atoms with Crippen molar-refractivity contribution >= 4 is 28.3 Å². The third-order valence-electron chi connectivity index (χ3n) is 2.05. The van der Waals surface area contributed by atoms with E-state index in [0.29, 0.717) is 30.6 Å². The highest BCUT2D eigenvalue weighted by molar-refractivity contribution is 7.17. The van der Waals surface area contributed by atoms with Gasteiger partial charge in [-0.05, 0) is 5.92 Å².